The first kappa shape index (κ1) is 13.6. The molecule has 7 nitrogen and oxygen atoms in total. The van der Waals surface area contributed by atoms with Gasteiger partial charge in [0, 0.05) is 19.1 Å². The van der Waals surface area contributed by atoms with Gasteiger partial charge in [0.25, 0.3) is 0 Å². The SMILES string of the molecule is NC1NNC(N)(F)N1N1CCC(N2CCCC2)CC1. The maximum absolute atomic E-state index is 14.1. The van der Waals surface area contributed by atoms with Crippen LogP contribution in [0.1, 0.15) is 25.7 Å². The van der Waals surface area contributed by atoms with Crippen molar-refractivity contribution in [1.29, 1.82) is 0 Å². The Labute approximate surface area is 113 Å². The normalized spacial score (nSPS) is 40.3. The fraction of sp³-hybridized carbons (Fsp3) is 1.00. The van der Waals surface area contributed by atoms with E-state index < -0.39 is 12.3 Å². The monoisotopic (exact) mass is 273 g/mol. The molecule has 0 aromatic heterocycles. The highest BCUT2D eigenvalue weighted by molar-refractivity contribution is 4.85. The van der Waals surface area contributed by atoms with Gasteiger partial charge in [0.15, 0.2) is 0 Å². The Morgan fingerprint density at radius 3 is 2.26 bits per heavy atom. The fourth-order valence-corrected chi connectivity index (χ4v) is 3.42. The van der Waals surface area contributed by atoms with E-state index in [4.69, 9.17) is 11.5 Å². The molecule has 3 rings (SSSR count). The molecule has 0 amide bonds. The van der Waals surface area contributed by atoms with Crippen molar-refractivity contribution >= 4 is 0 Å². The highest BCUT2D eigenvalue weighted by Gasteiger charge is 2.47. The molecule has 3 aliphatic heterocycles. The van der Waals surface area contributed by atoms with Crippen LogP contribution in [0.25, 0.3) is 0 Å². The van der Waals surface area contributed by atoms with Gasteiger partial charge in [-0.05, 0) is 38.8 Å². The van der Waals surface area contributed by atoms with E-state index in [2.05, 4.69) is 15.8 Å². The number of nitrogens with two attached hydrogens (primary N) is 2. The molecule has 2 atom stereocenters. The smallest absolute Gasteiger partial charge is 0.301 e. The van der Waals surface area contributed by atoms with Crippen molar-refractivity contribution in [3.05, 3.63) is 0 Å². The van der Waals surface area contributed by atoms with Crippen molar-refractivity contribution in [3.63, 3.8) is 0 Å². The number of likely N-dealkylation sites (tertiary alicyclic amines) is 1. The van der Waals surface area contributed by atoms with Crippen LogP contribution in [-0.4, -0.2) is 59.5 Å². The molecule has 3 saturated heterocycles. The topological polar surface area (TPSA) is 85.8 Å². The average Bonchev–Trinajstić information content (AvgIpc) is 2.99. The van der Waals surface area contributed by atoms with Gasteiger partial charge in [0.2, 0.25) is 0 Å². The van der Waals surface area contributed by atoms with Crippen LogP contribution in [0.5, 0.6) is 0 Å². The molecule has 0 aromatic rings. The number of halogens is 1. The van der Waals surface area contributed by atoms with Crippen LogP contribution >= 0.6 is 0 Å². The van der Waals surface area contributed by atoms with E-state index in [1.165, 1.54) is 30.9 Å². The third-order valence-corrected chi connectivity index (χ3v) is 4.39. The lowest BCUT2D eigenvalue weighted by molar-refractivity contribution is -0.181. The van der Waals surface area contributed by atoms with Crippen molar-refractivity contribution in [2.24, 2.45) is 11.5 Å². The fourth-order valence-electron chi connectivity index (χ4n) is 3.42. The summed E-state index contributed by atoms with van der Waals surface area (Å²) in [4.78, 5) is 2.56. The van der Waals surface area contributed by atoms with Crippen LogP contribution in [0.4, 0.5) is 4.39 Å². The molecular weight excluding hydrogens is 249 g/mol. The van der Waals surface area contributed by atoms with Crippen LogP contribution in [0, 0.1) is 0 Å². The minimum absolute atomic E-state index is 0.627. The lowest BCUT2D eigenvalue weighted by atomic mass is 10.0. The van der Waals surface area contributed by atoms with E-state index in [0.29, 0.717) is 6.04 Å². The van der Waals surface area contributed by atoms with E-state index >= 15 is 0 Å². The van der Waals surface area contributed by atoms with E-state index in [9.17, 15) is 4.39 Å². The van der Waals surface area contributed by atoms with Crippen LogP contribution in [0.15, 0.2) is 0 Å². The van der Waals surface area contributed by atoms with Crippen LogP contribution in [0.3, 0.4) is 0 Å². The quantitative estimate of drug-likeness (QED) is 0.463. The number of hydrazine groups is 2. The third kappa shape index (κ3) is 2.62. The van der Waals surface area contributed by atoms with Gasteiger partial charge < -0.3 is 10.6 Å². The minimum atomic E-state index is -2.11. The molecule has 0 spiro atoms. The molecule has 19 heavy (non-hydrogen) atoms. The Hall–Kier alpha value is -0.350. The lowest BCUT2D eigenvalue weighted by Gasteiger charge is -2.43. The Morgan fingerprint density at radius 2 is 1.74 bits per heavy atom. The number of hydrogen-bond acceptors (Lipinski definition) is 7. The number of piperidine rings is 1. The average molecular weight is 273 g/mol. The first-order chi connectivity index (χ1) is 9.08. The summed E-state index contributed by atoms with van der Waals surface area (Å²) in [6.07, 6.45) is 4.07. The summed E-state index contributed by atoms with van der Waals surface area (Å²) in [5.41, 5.74) is 16.4. The van der Waals surface area contributed by atoms with Crippen molar-refractivity contribution in [2.45, 2.75) is 44.1 Å². The standard InChI is InChI=1S/C11H24FN7/c12-11(14)16-15-10(13)19(11)18-7-3-9(4-8-18)17-5-1-2-6-17/h9-10,15-16H,1-8,13-14H2. The number of nitrogens with one attached hydrogen (secondary N) is 2. The number of hydrogen-bond donors (Lipinski definition) is 4. The van der Waals surface area contributed by atoms with Crippen molar-refractivity contribution in [3.8, 4) is 0 Å². The summed E-state index contributed by atoms with van der Waals surface area (Å²) >= 11 is 0. The highest BCUT2D eigenvalue weighted by Crippen LogP contribution is 2.25. The van der Waals surface area contributed by atoms with Gasteiger partial charge in [-0.2, -0.15) is 9.82 Å². The summed E-state index contributed by atoms with van der Waals surface area (Å²) in [6, 6.07) is -1.48. The van der Waals surface area contributed by atoms with Gasteiger partial charge in [-0.15, -0.1) is 5.01 Å². The molecule has 3 heterocycles. The molecule has 0 saturated carbocycles. The second kappa shape index (κ2) is 5.21. The predicted octanol–water partition coefficient (Wildman–Crippen LogP) is -1.35. The van der Waals surface area contributed by atoms with Gasteiger partial charge in [0.1, 0.15) is 6.29 Å². The summed E-state index contributed by atoms with van der Waals surface area (Å²) in [5, 5.41) is 3.29. The van der Waals surface area contributed by atoms with E-state index in [0.717, 1.165) is 25.9 Å². The first-order valence-electron chi connectivity index (χ1n) is 7.12. The largest absolute Gasteiger partial charge is 0.301 e. The van der Waals surface area contributed by atoms with Crippen LogP contribution < -0.4 is 22.3 Å². The Morgan fingerprint density at radius 1 is 1.11 bits per heavy atom. The lowest BCUT2D eigenvalue weighted by Crippen LogP contribution is -2.66. The van der Waals surface area contributed by atoms with Gasteiger partial charge >= 0.3 is 6.04 Å². The molecule has 3 aliphatic rings. The maximum atomic E-state index is 14.1. The van der Waals surface area contributed by atoms with E-state index in [1.54, 1.807) is 0 Å². The molecule has 110 valence electrons. The molecule has 3 fully saturated rings. The maximum Gasteiger partial charge on any atom is 0.301 e. The minimum Gasteiger partial charge on any atom is -0.301 e. The summed E-state index contributed by atoms with van der Waals surface area (Å²) < 4.78 is 14.1. The third-order valence-electron chi connectivity index (χ3n) is 4.39. The van der Waals surface area contributed by atoms with Gasteiger partial charge in [0.05, 0.1) is 0 Å². The van der Waals surface area contributed by atoms with Gasteiger partial charge in [-0.3, -0.25) is 5.73 Å². The van der Waals surface area contributed by atoms with E-state index in [-0.39, 0.29) is 0 Å². The van der Waals surface area contributed by atoms with Crippen molar-refractivity contribution in [2.75, 3.05) is 26.2 Å². The highest BCUT2D eigenvalue weighted by atomic mass is 19.2. The molecule has 8 heteroatoms. The predicted molar refractivity (Wildman–Crippen MR) is 69.5 cm³/mol. The molecule has 0 aliphatic carbocycles. The Bertz CT molecular complexity index is 312. The van der Waals surface area contributed by atoms with Crippen molar-refractivity contribution < 1.29 is 4.39 Å². The molecule has 0 radical (unpaired) electrons. The zero-order valence-electron chi connectivity index (χ0n) is 11.2. The summed E-state index contributed by atoms with van der Waals surface area (Å²) in [5.74, 6) is 0. The zero-order chi connectivity index (χ0) is 13.5. The van der Waals surface area contributed by atoms with E-state index in [1.807, 2.05) is 5.01 Å². The number of alkyl halides is 1. The second-order valence-corrected chi connectivity index (χ2v) is 5.66. The van der Waals surface area contributed by atoms with Crippen molar-refractivity contribution in [1.82, 2.24) is 25.8 Å². The zero-order valence-corrected chi connectivity index (χ0v) is 11.2. The number of rotatable bonds is 2. The molecule has 6 N–H and O–H groups in total. The van der Waals surface area contributed by atoms with Gasteiger partial charge in [-0.1, -0.05) is 0 Å². The summed E-state index contributed by atoms with van der Waals surface area (Å²) in [7, 11) is 0. The van der Waals surface area contributed by atoms with Gasteiger partial charge in [-0.25, -0.2) is 10.4 Å². The summed E-state index contributed by atoms with van der Waals surface area (Å²) in [6.45, 7) is 4.00. The van der Waals surface area contributed by atoms with Crippen LogP contribution in [-0.2, 0) is 0 Å². The molecule has 0 aromatic carbocycles. The molecular formula is C11H24FN7. The molecule has 0 bridgehead atoms. The molecule has 2 unspecified atom stereocenters. The van der Waals surface area contributed by atoms with Crippen LogP contribution in [0.2, 0.25) is 0 Å². The second-order valence-electron chi connectivity index (χ2n) is 5.66. The Balaban J connectivity index is 1.57. The number of nitrogens with zero attached hydrogens (tertiary/aromatic N) is 3. The Kier molecular flexibility index (Phi) is 3.73. The first-order valence-corrected chi connectivity index (χ1v) is 7.12.